The van der Waals surface area contributed by atoms with Crippen LogP contribution in [-0.4, -0.2) is 69.2 Å². The monoisotopic (exact) mass is 260 g/mol. The summed E-state index contributed by atoms with van der Waals surface area (Å²) in [4.78, 5) is 34.5. The fourth-order valence-electron chi connectivity index (χ4n) is 1.91. The van der Waals surface area contributed by atoms with Crippen molar-refractivity contribution in [3.8, 4) is 0 Å². The Kier molecular flexibility index (Phi) is 3.30. The highest BCUT2D eigenvalue weighted by molar-refractivity contribution is 6.14. The second kappa shape index (κ2) is 4.61. The molecule has 0 aromatic carbocycles. The Morgan fingerprint density at radius 1 is 1.28 bits per heavy atom. The summed E-state index contributed by atoms with van der Waals surface area (Å²) in [5.74, 6) is -1.58. The number of amides is 4. The number of carbonyl (C=O) groups is 3. The minimum atomic E-state index is -1.54. The van der Waals surface area contributed by atoms with Gasteiger partial charge in [-0.1, -0.05) is 0 Å². The van der Waals surface area contributed by atoms with E-state index in [0.717, 1.165) is 0 Å². The molecule has 18 heavy (non-hydrogen) atoms. The fraction of sp³-hybridized carbons (Fsp3) is 0.667. The van der Waals surface area contributed by atoms with Crippen molar-refractivity contribution in [3.05, 3.63) is 0 Å². The SMILES string of the molecule is O=C1CC(=O)N([C@@H]2O[C@H](CO)[C@@H](O)[C@H]2O)C(=O)N1. The lowest BCUT2D eigenvalue weighted by Crippen LogP contribution is -2.59. The van der Waals surface area contributed by atoms with E-state index in [2.05, 4.69) is 0 Å². The highest BCUT2D eigenvalue weighted by Gasteiger charge is 2.50. The zero-order valence-electron chi connectivity index (χ0n) is 9.15. The van der Waals surface area contributed by atoms with Gasteiger partial charge in [0.15, 0.2) is 6.23 Å². The summed E-state index contributed by atoms with van der Waals surface area (Å²) in [6.45, 7) is -0.572. The number of rotatable bonds is 2. The first-order valence-corrected chi connectivity index (χ1v) is 5.24. The summed E-state index contributed by atoms with van der Waals surface area (Å²) in [5.41, 5.74) is 0. The Labute approximate surface area is 101 Å². The molecule has 4 amide bonds. The number of aliphatic hydroxyl groups excluding tert-OH is 3. The lowest BCUT2D eigenvalue weighted by atomic mass is 10.1. The van der Waals surface area contributed by atoms with Crippen LogP contribution in [0.25, 0.3) is 0 Å². The van der Waals surface area contributed by atoms with E-state index in [0.29, 0.717) is 4.90 Å². The van der Waals surface area contributed by atoms with Gasteiger partial charge >= 0.3 is 6.03 Å². The van der Waals surface area contributed by atoms with Crippen molar-refractivity contribution >= 4 is 17.8 Å². The minimum absolute atomic E-state index is 0.533. The van der Waals surface area contributed by atoms with Crippen molar-refractivity contribution in [2.75, 3.05) is 6.61 Å². The van der Waals surface area contributed by atoms with E-state index in [1.165, 1.54) is 0 Å². The normalized spacial score (nSPS) is 37.1. The van der Waals surface area contributed by atoms with Crippen LogP contribution in [0.3, 0.4) is 0 Å². The summed E-state index contributed by atoms with van der Waals surface area (Å²) in [5, 5.41) is 30.0. The smallest absolute Gasteiger partial charge is 0.333 e. The average Bonchev–Trinajstić information content (AvgIpc) is 2.56. The summed E-state index contributed by atoms with van der Waals surface area (Å²) in [6.07, 6.45) is -6.01. The third-order valence-electron chi connectivity index (χ3n) is 2.82. The predicted octanol–water partition coefficient (Wildman–Crippen LogP) is -3.11. The van der Waals surface area contributed by atoms with Crippen LogP contribution in [-0.2, 0) is 14.3 Å². The predicted molar refractivity (Wildman–Crippen MR) is 52.8 cm³/mol. The maximum absolute atomic E-state index is 11.6. The van der Waals surface area contributed by atoms with E-state index in [9.17, 15) is 24.6 Å². The lowest BCUT2D eigenvalue weighted by molar-refractivity contribution is -0.150. The Morgan fingerprint density at radius 2 is 1.94 bits per heavy atom. The first kappa shape index (κ1) is 12.9. The van der Waals surface area contributed by atoms with Gasteiger partial charge < -0.3 is 20.1 Å². The molecule has 0 radical (unpaired) electrons. The van der Waals surface area contributed by atoms with Gasteiger partial charge in [-0.2, -0.15) is 0 Å². The molecule has 2 saturated heterocycles. The Hall–Kier alpha value is -1.55. The van der Waals surface area contributed by atoms with Crippen molar-refractivity contribution in [1.82, 2.24) is 10.2 Å². The van der Waals surface area contributed by atoms with E-state index in [1.54, 1.807) is 0 Å². The zero-order chi connectivity index (χ0) is 13.4. The largest absolute Gasteiger partial charge is 0.394 e. The lowest BCUT2D eigenvalue weighted by Gasteiger charge is -2.30. The molecule has 0 aromatic heterocycles. The molecule has 4 N–H and O–H groups in total. The summed E-state index contributed by atoms with van der Waals surface area (Å²) < 4.78 is 5.03. The number of carbonyl (C=O) groups excluding carboxylic acids is 3. The molecule has 2 aliphatic heterocycles. The molecule has 0 aliphatic carbocycles. The Balaban J connectivity index is 2.19. The third kappa shape index (κ3) is 1.97. The Bertz CT molecular complexity index is 378. The maximum Gasteiger partial charge on any atom is 0.333 e. The van der Waals surface area contributed by atoms with Gasteiger partial charge in [0, 0.05) is 0 Å². The van der Waals surface area contributed by atoms with Crippen LogP contribution in [0, 0.1) is 0 Å². The standard InChI is InChI=1S/C9H12N2O7/c12-2-3-6(15)7(16)8(18-3)11-5(14)1-4(13)10-9(11)17/h3,6-8,12,15-16H,1-2H2,(H,10,13,17)/t3-,6-,7-,8-/m1/s1. The number of hydrogen-bond acceptors (Lipinski definition) is 7. The Morgan fingerprint density at radius 3 is 2.44 bits per heavy atom. The first-order chi connectivity index (χ1) is 8.45. The van der Waals surface area contributed by atoms with Crippen LogP contribution in [0.15, 0.2) is 0 Å². The number of nitrogens with one attached hydrogen (secondary N) is 1. The van der Waals surface area contributed by atoms with Crippen molar-refractivity contribution in [2.45, 2.75) is 31.0 Å². The van der Waals surface area contributed by atoms with Gasteiger partial charge in [-0.3, -0.25) is 14.9 Å². The topological polar surface area (TPSA) is 136 Å². The van der Waals surface area contributed by atoms with Gasteiger partial charge in [0.25, 0.3) is 0 Å². The van der Waals surface area contributed by atoms with E-state index in [-0.39, 0.29) is 0 Å². The molecule has 100 valence electrons. The second-order valence-electron chi connectivity index (χ2n) is 4.02. The molecule has 9 nitrogen and oxygen atoms in total. The van der Waals surface area contributed by atoms with Crippen LogP contribution < -0.4 is 5.32 Å². The molecular formula is C9H12N2O7. The van der Waals surface area contributed by atoms with E-state index in [1.807, 2.05) is 5.32 Å². The zero-order valence-corrected chi connectivity index (χ0v) is 9.15. The van der Waals surface area contributed by atoms with E-state index < -0.39 is 55.4 Å². The number of hydrogen-bond donors (Lipinski definition) is 4. The van der Waals surface area contributed by atoms with E-state index in [4.69, 9.17) is 9.84 Å². The quantitative estimate of drug-likeness (QED) is 0.386. The molecule has 0 bridgehead atoms. The van der Waals surface area contributed by atoms with Gasteiger partial charge in [-0.25, -0.2) is 9.69 Å². The number of barbiturate groups is 1. The minimum Gasteiger partial charge on any atom is -0.394 e. The molecule has 4 atom stereocenters. The molecule has 0 saturated carbocycles. The number of aliphatic hydroxyl groups is 3. The van der Waals surface area contributed by atoms with Gasteiger partial charge in [0.2, 0.25) is 11.8 Å². The summed E-state index contributed by atoms with van der Waals surface area (Å²) in [6, 6.07) is -1.02. The van der Waals surface area contributed by atoms with Crippen molar-refractivity contribution in [1.29, 1.82) is 0 Å². The molecule has 2 rings (SSSR count). The van der Waals surface area contributed by atoms with Gasteiger partial charge in [0.05, 0.1) is 6.61 Å². The maximum atomic E-state index is 11.6. The molecule has 2 fully saturated rings. The van der Waals surface area contributed by atoms with E-state index >= 15 is 0 Å². The molecule has 0 unspecified atom stereocenters. The first-order valence-electron chi connectivity index (χ1n) is 5.24. The molecule has 2 aliphatic rings. The second-order valence-corrected chi connectivity index (χ2v) is 4.02. The number of urea groups is 1. The number of nitrogens with zero attached hydrogens (tertiary/aromatic N) is 1. The highest BCUT2D eigenvalue weighted by atomic mass is 16.6. The van der Waals surface area contributed by atoms with Crippen LogP contribution >= 0.6 is 0 Å². The molecule has 2 heterocycles. The van der Waals surface area contributed by atoms with Gasteiger partial charge in [-0.15, -0.1) is 0 Å². The van der Waals surface area contributed by atoms with Crippen molar-refractivity contribution < 1.29 is 34.4 Å². The van der Waals surface area contributed by atoms with Crippen LogP contribution in [0.1, 0.15) is 6.42 Å². The summed E-state index contributed by atoms with van der Waals surface area (Å²) in [7, 11) is 0. The molecule has 9 heteroatoms. The van der Waals surface area contributed by atoms with Gasteiger partial charge in [-0.05, 0) is 0 Å². The molecule has 0 aromatic rings. The van der Waals surface area contributed by atoms with Crippen LogP contribution in [0.2, 0.25) is 0 Å². The van der Waals surface area contributed by atoms with Crippen molar-refractivity contribution in [3.63, 3.8) is 0 Å². The molecular weight excluding hydrogens is 248 g/mol. The number of imide groups is 2. The van der Waals surface area contributed by atoms with Crippen molar-refractivity contribution in [2.24, 2.45) is 0 Å². The summed E-state index contributed by atoms with van der Waals surface area (Å²) >= 11 is 0. The third-order valence-corrected chi connectivity index (χ3v) is 2.82. The molecule has 0 spiro atoms. The number of ether oxygens (including phenoxy) is 1. The van der Waals surface area contributed by atoms with Crippen LogP contribution in [0.4, 0.5) is 4.79 Å². The fourth-order valence-corrected chi connectivity index (χ4v) is 1.91. The van der Waals surface area contributed by atoms with Crippen LogP contribution in [0.5, 0.6) is 0 Å². The van der Waals surface area contributed by atoms with Gasteiger partial charge in [0.1, 0.15) is 24.7 Å². The average molecular weight is 260 g/mol. The highest BCUT2D eigenvalue weighted by Crippen LogP contribution is 2.25.